The van der Waals surface area contributed by atoms with Crippen molar-refractivity contribution in [1.82, 2.24) is 0 Å². The Morgan fingerprint density at radius 1 is 1.19 bits per heavy atom. The zero-order valence-electron chi connectivity index (χ0n) is 15.2. The highest BCUT2D eigenvalue weighted by atomic mass is 32.2. The number of thioether (sulfide) groups is 1. The molecule has 0 saturated heterocycles. The molecule has 0 aromatic heterocycles. The SMILES string of the molecule is Cc1ccc(NC(=O)[C@@H](C)OC(=O)CSc2ccc([N+](=O)[O-])cc2)c(C)c1. The summed E-state index contributed by atoms with van der Waals surface area (Å²) in [6.07, 6.45) is -0.935. The Labute approximate surface area is 161 Å². The van der Waals surface area contributed by atoms with Gasteiger partial charge in [0.05, 0.1) is 10.7 Å². The van der Waals surface area contributed by atoms with Crippen molar-refractivity contribution in [3.05, 3.63) is 63.7 Å². The van der Waals surface area contributed by atoms with E-state index >= 15 is 0 Å². The summed E-state index contributed by atoms with van der Waals surface area (Å²) in [4.78, 5) is 35.0. The van der Waals surface area contributed by atoms with Crippen LogP contribution in [-0.2, 0) is 14.3 Å². The summed E-state index contributed by atoms with van der Waals surface area (Å²) in [7, 11) is 0. The van der Waals surface area contributed by atoms with Crippen LogP contribution in [0.1, 0.15) is 18.1 Å². The third-order valence-corrected chi connectivity index (χ3v) is 4.71. The van der Waals surface area contributed by atoms with Gasteiger partial charge in [-0.2, -0.15) is 0 Å². The number of nitro groups is 1. The van der Waals surface area contributed by atoms with Gasteiger partial charge in [0, 0.05) is 22.7 Å². The van der Waals surface area contributed by atoms with Crippen LogP contribution in [-0.4, -0.2) is 28.7 Å². The van der Waals surface area contributed by atoms with Crippen molar-refractivity contribution in [2.45, 2.75) is 31.8 Å². The Morgan fingerprint density at radius 2 is 1.85 bits per heavy atom. The Hall–Kier alpha value is -2.87. The summed E-state index contributed by atoms with van der Waals surface area (Å²) in [6.45, 7) is 5.36. The molecule has 0 saturated carbocycles. The van der Waals surface area contributed by atoms with E-state index in [-0.39, 0.29) is 11.4 Å². The van der Waals surface area contributed by atoms with Gasteiger partial charge in [0.15, 0.2) is 6.10 Å². The van der Waals surface area contributed by atoms with Crippen molar-refractivity contribution in [3.63, 3.8) is 0 Å². The maximum atomic E-state index is 12.2. The lowest BCUT2D eigenvalue weighted by molar-refractivity contribution is -0.384. The number of aryl methyl sites for hydroxylation is 2. The molecule has 2 aromatic carbocycles. The molecule has 2 aromatic rings. The molecule has 27 heavy (non-hydrogen) atoms. The molecular formula is C19H20N2O5S. The summed E-state index contributed by atoms with van der Waals surface area (Å²) in [5.74, 6) is -0.948. The molecule has 2 rings (SSSR count). The number of nitro benzene ring substituents is 1. The smallest absolute Gasteiger partial charge is 0.317 e. The van der Waals surface area contributed by atoms with E-state index in [9.17, 15) is 19.7 Å². The zero-order chi connectivity index (χ0) is 20.0. The first kappa shape index (κ1) is 20.4. The summed E-state index contributed by atoms with van der Waals surface area (Å²) in [6, 6.07) is 11.5. The van der Waals surface area contributed by atoms with Gasteiger partial charge in [-0.3, -0.25) is 19.7 Å². The Morgan fingerprint density at radius 3 is 2.44 bits per heavy atom. The average molecular weight is 388 g/mol. The predicted molar refractivity (Wildman–Crippen MR) is 104 cm³/mol. The van der Waals surface area contributed by atoms with Crippen LogP contribution in [0.3, 0.4) is 0 Å². The molecule has 1 amide bonds. The highest BCUT2D eigenvalue weighted by Gasteiger charge is 2.18. The van der Waals surface area contributed by atoms with E-state index in [2.05, 4.69) is 5.32 Å². The highest BCUT2D eigenvalue weighted by Crippen LogP contribution is 2.22. The second-order valence-electron chi connectivity index (χ2n) is 5.98. The number of benzene rings is 2. The van der Waals surface area contributed by atoms with E-state index < -0.39 is 22.9 Å². The quantitative estimate of drug-likeness (QED) is 0.335. The second kappa shape index (κ2) is 9.18. The largest absolute Gasteiger partial charge is 0.452 e. The molecule has 0 bridgehead atoms. The average Bonchev–Trinajstić information content (AvgIpc) is 2.62. The summed E-state index contributed by atoms with van der Waals surface area (Å²) in [5.41, 5.74) is 2.68. The van der Waals surface area contributed by atoms with Crippen molar-refractivity contribution < 1.29 is 19.2 Å². The first-order chi connectivity index (χ1) is 12.8. The lowest BCUT2D eigenvalue weighted by Crippen LogP contribution is -2.30. The van der Waals surface area contributed by atoms with Gasteiger partial charge < -0.3 is 10.1 Å². The fourth-order valence-corrected chi connectivity index (χ4v) is 2.96. The minimum absolute atomic E-state index is 0.00100. The van der Waals surface area contributed by atoms with Gasteiger partial charge in [-0.1, -0.05) is 17.7 Å². The minimum atomic E-state index is -0.935. The lowest BCUT2D eigenvalue weighted by atomic mass is 10.1. The van der Waals surface area contributed by atoms with E-state index in [4.69, 9.17) is 4.74 Å². The predicted octanol–water partition coefficient (Wildman–Crippen LogP) is 3.87. The van der Waals surface area contributed by atoms with Crippen molar-refractivity contribution in [3.8, 4) is 0 Å². The number of carbonyl (C=O) groups excluding carboxylic acids is 2. The van der Waals surface area contributed by atoms with E-state index in [1.807, 2.05) is 32.0 Å². The van der Waals surface area contributed by atoms with Crippen molar-refractivity contribution in [2.24, 2.45) is 0 Å². The topological polar surface area (TPSA) is 98.5 Å². The summed E-state index contributed by atoms with van der Waals surface area (Å²) < 4.78 is 5.15. The maximum Gasteiger partial charge on any atom is 0.317 e. The molecule has 7 nitrogen and oxygen atoms in total. The Bertz CT molecular complexity index is 852. The molecule has 142 valence electrons. The third-order valence-electron chi connectivity index (χ3n) is 3.72. The van der Waals surface area contributed by atoms with Crippen molar-refractivity contribution in [2.75, 3.05) is 11.1 Å². The first-order valence-electron chi connectivity index (χ1n) is 8.21. The van der Waals surface area contributed by atoms with Gasteiger partial charge in [-0.15, -0.1) is 11.8 Å². The van der Waals surface area contributed by atoms with E-state index in [0.29, 0.717) is 10.6 Å². The van der Waals surface area contributed by atoms with Gasteiger partial charge in [-0.05, 0) is 44.5 Å². The van der Waals surface area contributed by atoms with Crippen LogP contribution in [0.5, 0.6) is 0 Å². The summed E-state index contributed by atoms with van der Waals surface area (Å²) >= 11 is 1.18. The fraction of sp³-hybridized carbons (Fsp3) is 0.263. The molecule has 0 unspecified atom stereocenters. The van der Waals surface area contributed by atoms with Gasteiger partial charge in [0.25, 0.3) is 11.6 Å². The van der Waals surface area contributed by atoms with Gasteiger partial charge in [-0.25, -0.2) is 0 Å². The van der Waals surface area contributed by atoms with E-state index in [1.165, 1.54) is 30.8 Å². The zero-order valence-corrected chi connectivity index (χ0v) is 16.0. The maximum absolute atomic E-state index is 12.2. The van der Waals surface area contributed by atoms with E-state index in [1.54, 1.807) is 12.1 Å². The standard InChI is InChI=1S/C19H20N2O5S/c1-12-4-9-17(13(2)10-12)20-19(23)14(3)26-18(22)11-27-16-7-5-15(6-8-16)21(24)25/h4-10,14H,11H2,1-3H3,(H,20,23)/t14-/m1/s1. The minimum Gasteiger partial charge on any atom is -0.452 e. The number of hydrogen-bond acceptors (Lipinski definition) is 6. The van der Waals surface area contributed by atoms with Gasteiger partial charge >= 0.3 is 5.97 Å². The molecule has 0 heterocycles. The number of non-ortho nitro benzene ring substituents is 1. The normalized spacial score (nSPS) is 11.5. The molecule has 0 aliphatic carbocycles. The highest BCUT2D eigenvalue weighted by molar-refractivity contribution is 8.00. The van der Waals surface area contributed by atoms with Crippen LogP contribution in [0, 0.1) is 24.0 Å². The number of carbonyl (C=O) groups is 2. The molecular weight excluding hydrogens is 368 g/mol. The monoisotopic (exact) mass is 388 g/mol. The van der Waals surface area contributed by atoms with Crippen LogP contribution in [0.15, 0.2) is 47.4 Å². The molecule has 0 fully saturated rings. The number of nitrogens with one attached hydrogen (secondary N) is 1. The Balaban J connectivity index is 1.83. The number of hydrogen-bond donors (Lipinski definition) is 1. The summed E-state index contributed by atoms with van der Waals surface area (Å²) in [5, 5.41) is 13.4. The fourth-order valence-electron chi connectivity index (χ4n) is 2.28. The molecule has 1 N–H and O–H groups in total. The molecule has 0 aliphatic heterocycles. The molecule has 0 spiro atoms. The van der Waals surface area contributed by atoms with Crippen LogP contribution in [0.25, 0.3) is 0 Å². The third kappa shape index (κ3) is 6.10. The number of esters is 1. The van der Waals surface area contributed by atoms with E-state index in [0.717, 1.165) is 11.1 Å². The molecule has 1 atom stereocenters. The second-order valence-corrected chi connectivity index (χ2v) is 7.03. The Kier molecular flexibility index (Phi) is 6.95. The van der Waals surface area contributed by atoms with Gasteiger partial charge in [0.2, 0.25) is 0 Å². The van der Waals surface area contributed by atoms with Gasteiger partial charge in [0.1, 0.15) is 0 Å². The number of ether oxygens (including phenoxy) is 1. The number of nitrogens with zero attached hydrogens (tertiary/aromatic N) is 1. The van der Waals surface area contributed by atoms with Crippen molar-refractivity contribution >= 4 is 35.0 Å². The van der Waals surface area contributed by atoms with Crippen LogP contribution >= 0.6 is 11.8 Å². The molecule has 8 heteroatoms. The number of anilines is 1. The lowest BCUT2D eigenvalue weighted by Gasteiger charge is -2.15. The van der Waals surface area contributed by atoms with Crippen LogP contribution in [0.2, 0.25) is 0 Å². The van der Waals surface area contributed by atoms with Crippen LogP contribution in [0.4, 0.5) is 11.4 Å². The number of amides is 1. The molecule has 0 aliphatic rings. The van der Waals surface area contributed by atoms with Crippen LogP contribution < -0.4 is 5.32 Å². The number of rotatable bonds is 7. The first-order valence-corrected chi connectivity index (χ1v) is 9.19. The molecule has 0 radical (unpaired) electrons. The van der Waals surface area contributed by atoms with Crippen molar-refractivity contribution in [1.29, 1.82) is 0 Å².